The van der Waals surface area contributed by atoms with Gasteiger partial charge in [-0.1, -0.05) is 68.8 Å². The Kier molecular flexibility index (Phi) is 3.99. The molecule has 0 radical (unpaired) electrons. The highest BCUT2D eigenvalue weighted by Gasteiger charge is 2.59. The third kappa shape index (κ3) is 2.33. The maximum absolute atomic E-state index is 11.1. The fraction of sp³-hybridized carbons (Fsp3) is 0.615. The van der Waals surface area contributed by atoms with E-state index in [1.807, 2.05) is 0 Å². The molecule has 0 amide bonds. The van der Waals surface area contributed by atoms with Crippen LogP contribution in [0.4, 0.5) is 0 Å². The Bertz CT molecular complexity index is 790. The van der Waals surface area contributed by atoms with Crippen LogP contribution in [0, 0.1) is 34.5 Å². The van der Waals surface area contributed by atoms with E-state index in [2.05, 4.69) is 63.3 Å². The van der Waals surface area contributed by atoms with Gasteiger partial charge in [-0.05, 0) is 78.7 Å². The van der Waals surface area contributed by atoms with Crippen LogP contribution in [0.1, 0.15) is 64.9 Å². The average Bonchev–Trinajstić information content (AvgIpc) is 3.02. The molecule has 27 heavy (non-hydrogen) atoms. The zero-order valence-electron chi connectivity index (χ0n) is 17.1. The smallest absolute Gasteiger partial charge is 0.0633 e. The molecule has 1 aromatic carbocycles. The third-order valence-electron chi connectivity index (χ3n) is 9.15. The number of fused-ring (bicyclic) bond motifs is 5. The molecule has 1 aromatic rings. The lowest BCUT2D eigenvalue weighted by Crippen LogP contribution is -2.55. The van der Waals surface area contributed by atoms with Gasteiger partial charge in [0.15, 0.2) is 0 Å². The predicted molar refractivity (Wildman–Crippen MR) is 112 cm³/mol. The van der Waals surface area contributed by atoms with Crippen LogP contribution >= 0.6 is 0 Å². The minimum absolute atomic E-state index is 0.0201. The van der Waals surface area contributed by atoms with E-state index in [1.165, 1.54) is 31.2 Å². The molecule has 4 aliphatic rings. The maximum atomic E-state index is 11.1. The fourth-order valence-corrected chi connectivity index (χ4v) is 7.71. The number of allylic oxidation sites excluding steroid dienone is 3. The van der Waals surface area contributed by atoms with Crippen LogP contribution in [0.3, 0.4) is 0 Å². The number of aliphatic hydroxyl groups excluding tert-OH is 1. The lowest BCUT2D eigenvalue weighted by molar-refractivity contribution is -0.0873. The van der Waals surface area contributed by atoms with E-state index >= 15 is 0 Å². The minimum atomic E-state index is -0.148. The number of hydrogen-bond acceptors (Lipinski definition) is 1. The van der Waals surface area contributed by atoms with Gasteiger partial charge in [0.25, 0.3) is 0 Å². The van der Waals surface area contributed by atoms with Crippen molar-refractivity contribution in [3.63, 3.8) is 0 Å². The van der Waals surface area contributed by atoms with Gasteiger partial charge >= 0.3 is 0 Å². The second kappa shape index (κ2) is 6.08. The van der Waals surface area contributed by atoms with Gasteiger partial charge in [-0.15, -0.1) is 0 Å². The van der Waals surface area contributed by atoms with Crippen LogP contribution in [0.2, 0.25) is 0 Å². The quantitative estimate of drug-likeness (QED) is 0.585. The Hall–Kier alpha value is -1.34. The molecule has 5 rings (SSSR count). The minimum Gasteiger partial charge on any atom is -0.392 e. The SMILES string of the molecule is C[C@@H]1C=C2CCCC(O)[C@]2(C)[C@H]2CC[C@]3(C)C(c4ccccc4)=CC[C@H]3[C@H]12. The Labute approximate surface area is 164 Å². The summed E-state index contributed by atoms with van der Waals surface area (Å²) in [6, 6.07) is 11.1. The number of aliphatic hydroxyl groups is 1. The average molecular weight is 363 g/mol. The van der Waals surface area contributed by atoms with Crippen molar-refractivity contribution in [2.24, 2.45) is 34.5 Å². The normalized spacial score (nSPS) is 46.0. The topological polar surface area (TPSA) is 20.2 Å². The molecule has 0 aliphatic heterocycles. The van der Waals surface area contributed by atoms with Crippen molar-refractivity contribution < 1.29 is 5.11 Å². The van der Waals surface area contributed by atoms with Crippen molar-refractivity contribution in [1.82, 2.24) is 0 Å². The molecule has 144 valence electrons. The molecule has 1 unspecified atom stereocenters. The van der Waals surface area contributed by atoms with Crippen molar-refractivity contribution >= 4 is 5.57 Å². The summed E-state index contributed by atoms with van der Waals surface area (Å²) in [7, 11) is 0. The summed E-state index contributed by atoms with van der Waals surface area (Å²) in [5.41, 5.74) is 4.89. The summed E-state index contributed by atoms with van der Waals surface area (Å²) in [6.45, 7) is 7.39. The van der Waals surface area contributed by atoms with E-state index < -0.39 is 0 Å². The first-order valence-electron chi connectivity index (χ1n) is 11.1. The van der Waals surface area contributed by atoms with Crippen molar-refractivity contribution in [2.75, 3.05) is 0 Å². The summed E-state index contributed by atoms with van der Waals surface area (Å²) in [5.74, 6) is 2.69. The van der Waals surface area contributed by atoms with Crippen LogP contribution in [-0.4, -0.2) is 11.2 Å². The van der Waals surface area contributed by atoms with E-state index in [9.17, 15) is 5.11 Å². The van der Waals surface area contributed by atoms with Crippen molar-refractivity contribution in [2.45, 2.75) is 65.4 Å². The van der Waals surface area contributed by atoms with Gasteiger partial charge in [0.1, 0.15) is 0 Å². The number of benzene rings is 1. The molecule has 1 heteroatoms. The van der Waals surface area contributed by atoms with Crippen molar-refractivity contribution in [3.8, 4) is 0 Å². The molecule has 2 fully saturated rings. The van der Waals surface area contributed by atoms with Crippen molar-refractivity contribution in [3.05, 3.63) is 53.6 Å². The second-order valence-corrected chi connectivity index (χ2v) is 10.2. The molecule has 0 aromatic heterocycles. The van der Waals surface area contributed by atoms with Gasteiger partial charge < -0.3 is 5.11 Å². The van der Waals surface area contributed by atoms with Crippen LogP contribution in [-0.2, 0) is 0 Å². The zero-order chi connectivity index (χ0) is 18.8. The van der Waals surface area contributed by atoms with Crippen LogP contribution in [0.5, 0.6) is 0 Å². The van der Waals surface area contributed by atoms with Crippen molar-refractivity contribution in [1.29, 1.82) is 0 Å². The molecule has 4 aliphatic carbocycles. The molecule has 0 saturated heterocycles. The zero-order valence-corrected chi connectivity index (χ0v) is 17.1. The monoisotopic (exact) mass is 362 g/mol. The molecule has 0 bridgehead atoms. The van der Waals surface area contributed by atoms with Gasteiger partial charge in [0.05, 0.1) is 6.10 Å². The molecule has 1 nitrogen and oxygen atoms in total. The number of hydrogen-bond donors (Lipinski definition) is 1. The largest absolute Gasteiger partial charge is 0.392 e. The molecule has 2 saturated carbocycles. The summed E-state index contributed by atoms with van der Waals surface area (Å²) in [4.78, 5) is 0. The first kappa shape index (κ1) is 17.7. The summed E-state index contributed by atoms with van der Waals surface area (Å²) >= 11 is 0. The van der Waals surface area contributed by atoms with Crippen LogP contribution in [0.15, 0.2) is 48.1 Å². The molecule has 7 atom stereocenters. The van der Waals surface area contributed by atoms with E-state index in [4.69, 9.17) is 0 Å². The van der Waals surface area contributed by atoms with Gasteiger partial charge in [-0.2, -0.15) is 0 Å². The second-order valence-electron chi connectivity index (χ2n) is 10.2. The van der Waals surface area contributed by atoms with Gasteiger partial charge in [0, 0.05) is 5.41 Å². The first-order chi connectivity index (χ1) is 13.0. The Morgan fingerprint density at radius 1 is 1.04 bits per heavy atom. The molecular weight excluding hydrogens is 328 g/mol. The standard InChI is InChI=1S/C26H34O/c1-17-16-19-10-7-11-23(27)26(19,3)22-14-15-25(2)20(12-13-21(25)24(17)22)18-8-5-4-6-9-18/h4-6,8-9,12,16-17,21-24,27H,7,10-11,13-15H2,1-3H3/t17-,21+,22+,23?,24+,25-,26+/m1/s1. The Morgan fingerprint density at radius 3 is 2.59 bits per heavy atom. The van der Waals surface area contributed by atoms with Gasteiger partial charge in [0.2, 0.25) is 0 Å². The van der Waals surface area contributed by atoms with E-state index in [-0.39, 0.29) is 16.9 Å². The lowest BCUT2D eigenvalue weighted by atomic mass is 9.45. The Morgan fingerprint density at radius 2 is 1.81 bits per heavy atom. The molecular formula is C26H34O. The molecule has 1 N–H and O–H groups in total. The highest BCUT2D eigenvalue weighted by Crippen LogP contribution is 2.67. The summed E-state index contributed by atoms with van der Waals surface area (Å²) < 4.78 is 0. The highest BCUT2D eigenvalue weighted by molar-refractivity contribution is 5.73. The van der Waals surface area contributed by atoms with E-state index in [1.54, 1.807) is 11.1 Å². The first-order valence-corrected chi connectivity index (χ1v) is 11.1. The van der Waals surface area contributed by atoms with E-state index in [0.29, 0.717) is 23.7 Å². The highest BCUT2D eigenvalue weighted by atomic mass is 16.3. The predicted octanol–water partition coefficient (Wildman–Crippen LogP) is 6.25. The van der Waals surface area contributed by atoms with E-state index in [0.717, 1.165) is 12.8 Å². The summed E-state index contributed by atoms with van der Waals surface area (Å²) in [5, 5.41) is 11.1. The third-order valence-corrected chi connectivity index (χ3v) is 9.15. The van der Waals surface area contributed by atoms with Gasteiger partial charge in [-0.3, -0.25) is 0 Å². The fourth-order valence-electron chi connectivity index (χ4n) is 7.71. The lowest BCUT2D eigenvalue weighted by Gasteiger charge is -2.60. The van der Waals surface area contributed by atoms with Crippen LogP contribution < -0.4 is 0 Å². The maximum Gasteiger partial charge on any atom is 0.0633 e. The summed E-state index contributed by atoms with van der Waals surface area (Å²) in [6.07, 6.45) is 12.1. The molecule has 0 spiro atoms. The Balaban J connectivity index is 1.54. The molecule has 0 heterocycles. The number of rotatable bonds is 1. The van der Waals surface area contributed by atoms with Gasteiger partial charge in [-0.25, -0.2) is 0 Å². The van der Waals surface area contributed by atoms with Crippen LogP contribution in [0.25, 0.3) is 5.57 Å².